The average Bonchev–Trinajstić information content (AvgIpc) is 2.95. The Balaban J connectivity index is 3.69. The molecule has 0 heterocycles. The molecule has 1 unspecified atom stereocenters. The summed E-state index contributed by atoms with van der Waals surface area (Å²) >= 11 is 0. The first kappa shape index (κ1) is 39.4. The maximum atomic E-state index is 12.5. The quantitative estimate of drug-likeness (QED) is 0.0491. The highest BCUT2D eigenvalue weighted by Crippen LogP contribution is 2.18. The summed E-state index contributed by atoms with van der Waals surface area (Å²) in [5.41, 5.74) is 0. The average molecular weight is 577 g/mol. The summed E-state index contributed by atoms with van der Waals surface area (Å²) < 4.78 is 5.89. The lowest BCUT2D eigenvalue weighted by molar-refractivity contribution is -0.150. The Morgan fingerprint density at radius 3 is 1.49 bits per heavy atom. The van der Waals surface area contributed by atoms with Gasteiger partial charge in [-0.3, -0.25) is 9.59 Å². The molecule has 41 heavy (non-hydrogen) atoms. The Kier molecular flexibility index (Phi) is 31.7. The predicted molar refractivity (Wildman–Crippen MR) is 176 cm³/mol. The maximum Gasteiger partial charge on any atom is 0.306 e. The van der Waals surface area contributed by atoms with Gasteiger partial charge in [0.25, 0.3) is 0 Å². The van der Waals surface area contributed by atoms with Gasteiger partial charge in [0, 0.05) is 12.8 Å². The molecule has 0 aliphatic rings. The lowest BCUT2D eigenvalue weighted by Gasteiger charge is -2.18. The van der Waals surface area contributed by atoms with E-state index in [2.05, 4.69) is 38.2 Å². The molecule has 0 aromatic rings. The molecule has 0 bridgehead atoms. The van der Waals surface area contributed by atoms with Gasteiger partial charge in [-0.05, 0) is 70.6 Å². The molecule has 0 rings (SSSR count). The van der Waals surface area contributed by atoms with E-state index < -0.39 is 5.97 Å². The van der Waals surface area contributed by atoms with Gasteiger partial charge in [0.15, 0.2) is 0 Å². The van der Waals surface area contributed by atoms with E-state index in [4.69, 9.17) is 9.84 Å². The monoisotopic (exact) mass is 577 g/mol. The molecule has 0 aliphatic heterocycles. The SMILES string of the molecule is CCCCC/C=C\C/C=C\CCCCCCCCCCCC(=O)OC(CCCCC)CCCCCCCCC(=O)O. The number of carboxylic acid groups (broad SMARTS) is 1. The normalized spacial score (nSPS) is 12.4. The lowest BCUT2D eigenvalue weighted by Crippen LogP contribution is -2.18. The molecule has 1 N–H and O–H groups in total. The molecule has 0 aliphatic carbocycles. The Morgan fingerprint density at radius 2 is 0.951 bits per heavy atom. The third-order valence-corrected chi connectivity index (χ3v) is 7.93. The minimum atomic E-state index is -0.696. The number of ether oxygens (including phenoxy) is 1. The van der Waals surface area contributed by atoms with Crippen LogP contribution in [0.15, 0.2) is 24.3 Å². The van der Waals surface area contributed by atoms with Crippen LogP contribution in [0.25, 0.3) is 0 Å². The molecule has 1 atom stereocenters. The Morgan fingerprint density at radius 1 is 0.537 bits per heavy atom. The summed E-state index contributed by atoms with van der Waals surface area (Å²) in [7, 11) is 0. The summed E-state index contributed by atoms with van der Waals surface area (Å²) in [6, 6.07) is 0. The zero-order chi connectivity index (χ0) is 30.1. The summed E-state index contributed by atoms with van der Waals surface area (Å²) in [6.45, 7) is 4.46. The number of carboxylic acids is 1. The van der Waals surface area contributed by atoms with Crippen LogP contribution < -0.4 is 0 Å². The molecule has 0 saturated heterocycles. The van der Waals surface area contributed by atoms with Crippen molar-refractivity contribution >= 4 is 11.9 Å². The highest BCUT2D eigenvalue weighted by molar-refractivity contribution is 5.69. The Bertz CT molecular complexity index is 624. The summed E-state index contributed by atoms with van der Waals surface area (Å²) in [6.07, 6.45) is 40.8. The third-order valence-electron chi connectivity index (χ3n) is 7.93. The molecule has 0 saturated carbocycles. The Labute approximate surface area is 255 Å². The van der Waals surface area contributed by atoms with E-state index in [0.717, 1.165) is 77.0 Å². The molecule has 0 aromatic heterocycles. The predicted octanol–water partition coefficient (Wildman–Crippen LogP) is 12.1. The van der Waals surface area contributed by atoms with Crippen molar-refractivity contribution in [2.45, 2.75) is 200 Å². The van der Waals surface area contributed by atoms with Crippen LogP contribution in [0.2, 0.25) is 0 Å². The van der Waals surface area contributed by atoms with Crippen LogP contribution in [0.4, 0.5) is 0 Å². The van der Waals surface area contributed by atoms with Gasteiger partial charge in [-0.15, -0.1) is 0 Å². The van der Waals surface area contributed by atoms with E-state index in [1.807, 2.05) is 0 Å². The van der Waals surface area contributed by atoms with E-state index in [9.17, 15) is 9.59 Å². The zero-order valence-corrected chi connectivity index (χ0v) is 27.4. The van der Waals surface area contributed by atoms with Crippen molar-refractivity contribution in [1.29, 1.82) is 0 Å². The number of hydrogen-bond donors (Lipinski definition) is 1. The fraction of sp³-hybridized carbons (Fsp3) is 0.838. The summed E-state index contributed by atoms with van der Waals surface area (Å²) in [4.78, 5) is 23.0. The molecule has 4 heteroatoms. The van der Waals surface area contributed by atoms with Crippen molar-refractivity contribution in [3.8, 4) is 0 Å². The van der Waals surface area contributed by atoms with Gasteiger partial charge in [-0.1, -0.05) is 134 Å². The van der Waals surface area contributed by atoms with Crippen molar-refractivity contribution in [2.24, 2.45) is 0 Å². The van der Waals surface area contributed by atoms with Crippen molar-refractivity contribution in [2.75, 3.05) is 0 Å². The van der Waals surface area contributed by atoms with Crippen LogP contribution in [0.3, 0.4) is 0 Å². The topological polar surface area (TPSA) is 63.6 Å². The smallest absolute Gasteiger partial charge is 0.306 e. The molecular formula is C37H68O4. The van der Waals surface area contributed by atoms with Crippen LogP contribution in [0, 0.1) is 0 Å². The van der Waals surface area contributed by atoms with Crippen LogP contribution in [0.5, 0.6) is 0 Å². The van der Waals surface area contributed by atoms with Gasteiger partial charge in [-0.2, -0.15) is 0 Å². The summed E-state index contributed by atoms with van der Waals surface area (Å²) in [5.74, 6) is -0.698. The molecule has 0 radical (unpaired) electrons. The van der Waals surface area contributed by atoms with Gasteiger partial charge in [0.05, 0.1) is 0 Å². The number of rotatable bonds is 32. The van der Waals surface area contributed by atoms with E-state index in [1.165, 1.54) is 89.9 Å². The van der Waals surface area contributed by atoms with Crippen molar-refractivity contribution in [3.63, 3.8) is 0 Å². The number of esters is 1. The molecular weight excluding hydrogens is 508 g/mol. The van der Waals surface area contributed by atoms with E-state index >= 15 is 0 Å². The zero-order valence-electron chi connectivity index (χ0n) is 27.4. The fourth-order valence-electron chi connectivity index (χ4n) is 5.27. The number of aliphatic carboxylic acids is 1. The Hall–Kier alpha value is -1.58. The first-order valence-corrected chi connectivity index (χ1v) is 17.8. The van der Waals surface area contributed by atoms with Crippen LogP contribution in [-0.4, -0.2) is 23.1 Å². The standard InChI is InChI=1S/C37H68O4/c1-3-5-7-8-9-10-11-12-13-14-15-16-17-18-19-20-21-26-30-34-37(40)41-35(31-27-6-4-2)32-28-24-22-23-25-29-33-36(38)39/h9-10,12-13,35H,3-8,11,14-34H2,1-2H3,(H,38,39)/b10-9-,13-12-. The first-order valence-electron chi connectivity index (χ1n) is 17.8. The molecule has 0 fully saturated rings. The second kappa shape index (κ2) is 32.9. The highest BCUT2D eigenvalue weighted by atomic mass is 16.5. The van der Waals surface area contributed by atoms with Crippen LogP contribution in [-0.2, 0) is 14.3 Å². The third kappa shape index (κ3) is 32.8. The number of carbonyl (C=O) groups is 2. The van der Waals surface area contributed by atoms with E-state index in [1.54, 1.807) is 0 Å². The largest absolute Gasteiger partial charge is 0.481 e. The number of unbranched alkanes of at least 4 members (excludes halogenated alkanes) is 19. The molecule has 4 nitrogen and oxygen atoms in total. The molecule has 240 valence electrons. The van der Waals surface area contributed by atoms with Crippen molar-refractivity contribution < 1.29 is 19.4 Å². The second-order valence-electron chi connectivity index (χ2n) is 12.1. The highest BCUT2D eigenvalue weighted by Gasteiger charge is 2.14. The van der Waals surface area contributed by atoms with E-state index in [-0.39, 0.29) is 18.5 Å². The summed E-state index contributed by atoms with van der Waals surface area (Å²) in [5, 5.41) is 8.71. The first-order chi connectivity index (χ1) is 20.1. The number of allylic oxidation sites excluding steroid dienone is 4. The van der Waals surface area contributed by atoms with Gasteiger partial charge in [0.1, 0.15) is 6.10 Å². The number of hydrogen-bond acceptors (Lipinski definition) is 3. The van der Waals surface area contributed by atoms with Gasteiger partial charge < -0.3 is 9.84 Å². The van der Waals surface area contributed by atoms with Gasteiger partial charge in [-0.25, -0.2) is 0 Å². The van der Waals surface area contributed by atoms with Crippen LogP contribution >= 0.6 is 0 Å². The van der Waals surface area contributed by atoms with Crippen molar-refractivity contribution in [1.82, 2.24) is 0 Å². The van der Waals surface area contributed by atoms with E-state index in [0.29, 0.717) is 6.42 Å². The maximum absolute atomic E-state index is 12.5. The molecule has 0 spiro atoms. The van der Waals surface area contributed by atoms with Crippen LogP contribution in [0.1, 0.15) is 194 Å². The van der Waals surface area contributed by atoms with Crippen molar-refractivity contribution in [3.05, 3.63) is 24.3 Å². The van der Waals surface area contributed by atoms with Gasteiger partial charge >= 0.3 is 11.9 Å². The minimum Gasteiger partial charge on any atom is -0.481 e. The van der Waals surface area contributed by atoms with Gasteiger partial charge in [0.2, 0.25) is 0 Å². The lowest BCUT2D eigenvalue weighted by atomic mass is 10.0. The number of carbonyl (C=O) groups excluding carboxylic acids is 1. The molecule has 0 amide bonds. The second-order valence-corrected chi connectivity index (χ2v) is 12.1. The molecule has 0 aromatic carbocycles. The minimum absolute atomic E-state index is 0.00258. The fourth-order valence-corrected chi connectivity index (χ4v) is 5.27.